The summed E-state index contributed by atoms with van der Waals surface area (Å²) in [7, 11) is 0. The first-order valence-electron chi connectivity index (χ1n) is 11.3. The number of rotatable bonds is 10. The summed E-state index contributed by atoms with van der Waals surface area (Å²) in [5.41, 5.74) is 4.36. The van der Waals surface area contributed by atoms with Crippen molar-refractivity contribution in [3.05, 3.63) is 108 Å². The number of aryl methyl sites for hydroxylation is 2. The minimum atomic E-state index is 0.442. The van der Waals surface area contributed by atoms with Crippen molar-refractivity contribution in [3.63, 3.8) is 0 Å². The van der Waals surface area contributed by atoms with Crippen molar-refractivity contribution in [2.45, 2.75) is 25.9 Å². The van der Waals surface area contributed by atoms with E-state index in [4.69, 9.17) is 9.47 Å². The van der Waals surface area contributed by atoms with Gasteiger partial charge in [0.05, 0.1) is 17.8 Å². The van der Waals surface area contributed by atoms with Crippen LogP contribution in [0.3, 0.4) is 0 Å². The van der Waals surface area contributed by atoms with Crippen molar-refractivity contribution in [1.29, 1.82) is 0 Å². The third-order valence-corrected chi connectivity index (χ3v) is 5.54. The maximum absolute atomic E-state index is 6.03. The highest BCUT2D eigenvalue weighted by Gasteiger charge is 2.04. The van der Waals surface area contributed by atoms with Crippen LogP contribution in [0.25, 0.3) is 10.9 Å². The summed E-state index contributed by atoms with van der Waals surface area (Å²) in [6, 6.07) is 28.7. The SMILES string of the molecule is c1cc(CCc2cccc(OCc3ccc4ccccc4n3)c2)cc(OCCc2nnn[nH]2)c1. The van der Waals surface area contributed by atoms with Crippen molar-refractivity contribution in [2.24, 2.45) is 0 Å². The average molecular weight is 452 g/mol. The maximum atomic E-state index is 6.03. The first kappa shape index (κ1) is 21.6. The molecule has 0 amide bonds. The van der Waals surface area contributed by atoms with Gasteiger partial charge < -0.3 is 9.47 Å². The Balaban J connectivity index is 1.14. The van der Waals surface area contributed by atoms with Crippen LogP contribution < -0.4 is 9.47 Å². The Bertz CT molecular complexity index is 1350. The first-order chi connectivity index (χ1) is 16.8. The molecule has 34 heavy (non-hydrogen) atoms. The van der Waals surface area contributed by atoms with Gasteiger partial charge in [0.15, 0.2) is 5.82 Å². The number of aromatic amines is 1. The Hall–Kier alpha value is -4.26. The highest BCUT2D eigenvalue weighted by Crippen LogP contribution is 2.19. The minimum absolute atomic E-state index is 0.442. The summed E-state index contributed by atoms with van der Waals surface area (Å²) < 4.78 is 11.9. The molecule has 0 spiro atoms. The van der Waals surface area contributed by atoms with E-state index < -0.39 is 0 Å². The molecule has 170 valence electrons. The van der Waals surface area contributed by atoms with Gasteiger partial charge in [0.25, 0.3) is 0 Å². The van der Waals surface area contributed by atoms with Crippen molar-refractivity contribution < 1.29 is 9.47 Å². The largest absolute Gasteiger partial charge is 0.493 e. The quantitative estimate of drug-likeness (QED) is 0.330. The number of nitrogens with one attached hydrogen (secondary N) is 1. The molecule has 5 rings (SSSR count). The smallest absolute Gasteiger partial charge is 0.151 e. The zero-order valence-corrected chi connectivity index (χ0v) is 18.7. The van der Waals surface area contributed by atoms with Crippen LogP contribution in [-0.4, -0.2) is 32.2 Å². The molecule has 0 atom stereocenters. The van der Waals surface area contributed by atoms with Gasteiger partial charge in [0.2, 0.25) is 0 Å². The van der Waals surface area contributed by atoms with Crippen LogP contribution in [0.2, 0.25) is 0 Å². The molecule has 0 aliphatic heterocycles. The fourth-order valence-corrected chi connectivity index (χ4v) is 3.77. The van der Waals surface area contributed by atoms with E-state index in [0.717, 1.165) is 46.8 Å². The van der Waals surface area contributed by atoms with Crippen LogP contribution in [0.1, 0.15) is 22.6 Å². The highest BCUT2D eigenvalue weighted by molar-refractivity contribution is 5.78. The molecule has 2 heterocycles. The number of fused-ring (bicyclic) bond motifs is 1. The molecule has 0 saturated heterocycles. The minimum Gasteiger partial charge on any atom is -0.493 e. The molecule has 0 aliphatic carbocycles. The van der Waals surface area contributed by atoms with E-state index in [1.165, 1.54) is 11.1 Å². The molecule has 1 N–H and O–H groups in total. The molecule has 0 fully saturated rings. The summed E-state index contributed by atoms with van der Waals surface area (Å²) in [4.78, 5) is 4.68. The van der Waals surface area contributed by atoms with E-state index in [1.807, 2.05) is 48.5 Å². The zero-order valence-electron chi connectivity index (χ0n) is 18.7. The summed E-state index contributed by atoms with van der Waals surface area (Å²) in [6.45, 7) is 0.962. The van der Waals surface area contributed by atoms with Gasteiger partial charge in [-0.1, -0.05) is 48.5 Å². The van der Waals surface area contributed by atoms with Crippen LogP contribution in [-0.2, 0) is 25.9 Å². The lowest BCUT2D eigenvalue weighted by Crippen LogP contribution is -2.03. The molecule has 0 radical (unpaired) electrons. The molecular weight excluding hydrogens is 426 g/mol. The Morgan fingerprint density at radius 3 is 2.24 bits per heavy atom. The summed E-state index contributed by atoms with van der Waals surface area (Å²) in [5.74, 6) is 2.42. The fraction of sp³-hybridized carbons (Fsp3) is 0.185. The van der Waals surface area contributed by atoms with Crippen LogP contribution in [0.15, 0.2) is 84.9 Å². The lowest BCUT2D eigenvalue weighted by Gasteiger charge is -2.10. The zero-order chi connectivity index (χ0) is 23.0. The predicted molar refractivity (Wildman–Crippen MR) is 130 cm³/mol. The van der Waals surface area contributed by atoms with Gasteiger partial charge in [-0.2, -0.15) is 0 Å². The molecule has 0 saturated carbocycles. The van der Waals surface area contributed by atoms with Gasteiger partial charge in [-0.05, 0) is 70.8 Å². The van der Waals surface area contributed by atoms with E-state index in [1.54, 1.807) is 0 Å². The summed E-state index contributed by atoms with van der Waals surface area (Å²) in [6.07, 6.45) is 2.47. The van der Waals surface area contributed by atoms with Gasteiger partial charge in [0.1, 0.15) is 18.1 Å². The van der Waals surface area contributed by atoms with Crippen molar-refractivity contribution in [1.82, 2.24) is 25.6 Å². The molecule has 2 aromatic heterocycles. The van der Waals surface area contributed by atoms with Gasteiger partial charge in [-0.25, -0.2) is 10.1 Å². The van der Waals surface area contributed by atoms with E-state index in [2.05, 4.69) is 62.0 Å². The third kappa shape index (κ3) is 5.75. The van der Waals surface area contributed by atoms with Gasteiger partial charge in [-0.15, -0.1) is 5.10 Å². The summed E-state index contributed by atoms with van der Waals surface area (Å²) >= 11 is 0. The van der Waals surface area contributed by atoms with Crippen LogP contribution in [0, 0.1) is 0 Å². The second-order valence-electron chi connectivity index (χ2n) is 8.03. The number of ether oxygens (including phenoxy) is 2. The van der Waals surface area contributed by atoms with Crippen LogP contribution in [0.4, 0.5) is 0 Å². The Morgan fingerprint density at radius 2 is 1.47 bits per heavy atom. The van der Waals surface area contributed by atoms with Crippen molar-refractivity contribution in [2.75, 3.05) is 6.61 Å². The number of para-hydroxylation sites is 1. The maximum Gasteiger partial charge on any atom is 0.151 e. The van der Waals surface area contributed by atoms with E-state index in [0.29, 0.717) is 19.6 Å². The predicted octanol–water partition coefficient (Wildman–Crippen LogP) is 4.73. The van der Waals surface area contributed by atoms with Gasteiger partial charge >= 0.3 is 0 Å². The lowest BCUT2D eigenvalue weighted by atomic mass is 10.0. The number of benzene rings is 3. The third-order valence-electron chi connectivity index (χ3n) is 5.54. The van der Waals surface area contributed by atoms with Crippen LogP contribution in [0.5, 0.6) is 11.5 Å². The Labute approximate surface area is 197 Å². The number of nitrogens with zero attached hydrogens (tertiary/aromatic N) is 4. The number of pyridine rings is 1. The Morgan fingerprint density at radius 1 is 0.706 bits per heavy atom. The molecule has 0 bridgehead atoms. The average Bonchev–Trinajstić information content (AvgIpc) is 3.40. The molecule has 3 aromatic carbocycles. The second kappa shape index (κ2) is 10.6. The lowest BCUT2D eigenvalue weighted by molar-refractivity contribution is 0.301. The summed E-state index contributed by atoms with van der Waals surface area (Å²) in [5, 5.41) is 14.9. The topological polar surface area (TPSA) is 85.8 Å². The number of hydrogen-bond donors (Lipinski definition) is 1. The van der Waals surface area contributed by atoms with E-state index in [-0.39, 0.29) is 0 Å². The van der Waals surface area contributed by atoms with E-state index >= 15 is 0 Å². The second-order valence-corrected chi connectivity index (χ2v) is 8.03. The first-order valence-corrected chi connectivity index (χ1v) is 11.3. The number of hydrogen-bond acceptors (Lipinski definition) is 6. The number of aromatic nitrogens is 5. The standard InChI is InChI=1S/C27H25N5O2/c1-2-10-26-22(7-1)13-14-23(28-26)19-34-25-9-4-6-21(18-25)12-11-20-5-3-8-24(17-20)33-16-15-27-29-31-32-30-27/h1-10,13-14,17-18H,11-12,15-16,19H2,(H,29,30,31,32). The van der Waals surface area contributed by atoms with Crippen molar-refractivity contribution >= 4 is 10.9 Å². The molecule has 7 heteroatoms. The molecule has 0 aliphatic rings. The van der Waals surface area contributed by atoms with Gasteiger partial charge in [0, 0.05) is 11.8 Å². The highest BCUT2D eigenvalue weighted by atomic mass is 16.5. The molecule has 0 unspecified atom stereocenters. The number of tetrazole rings is 1. The monoisotopic (exact) mass is 451 g/mol. The Kier molecular flexibility index (Phi) is 6.71. The molecule has 7 nitrogen and oxygen atoms in total. The number of H-pyrrole nitrogens is 1. The fourth-order valence-electron chi connectivity index (χ4n) is 3.77. The van der Waals surface area contributed by atoms with Crippen LogP contribution >= 0.6 is 0 Å². The molecular formula is C27H25N5O2. The molecule has 5 aromatic rings. The van der Waals surface area contributed by atoms with E-state index in [9.17, 15) is 0 Å². The van der Waals surface area contributed by atoms with Crippen molar-refractivity contribution in [3.8, 4) is 11.5 Å². The normalized spacial score (nSPS) is 10.9. The van der Waals surface area contributed by atoms with Gasteiger partial charge in [-0.3, -0.25) is 0 Å².